The number of nitrogens with zero attached hydrogens (tertiary/aromatic N) is 2. The van der Waals surface area contributed by atoms with E-state index >= 15 is 0 Å². The SMILES string of the molecule is CC(=O)N(C)C1Cc2ccc(C(=O)CCCCN(C)CCc3ccccc3Cl)cc2C1.Cl. The van der Waals surface area contributed by atoms with Crippen LogP contribution >= 0.6 is 24.0 Å². The fraction of sp³-hybridized carbons (Fsp3) is 0.462. The summed E-state index contributed by atoms with van der Waals surface area (Å²) in [7, 11) is 3.98. The average Bonchev–Trinajstić information content (AvgIpc) is 3.18. The summed E-state index contributed by atoms with van der Waals surface area (Å²) in [6.45, 7) is 3.53. The van der Waals surface area contributed by atoms with Crippen LogP contribution in [0.15, 0.2) is 42.5 Å². The largest absolute Gasteiger partial charge is 0.342 e. The lowest BCUT2D eigenvalue weighted by Crippen LogP contribution is -2.35. The van der Waals surface area contributed by atoms with E-state index in [2.05, 4.69) is 24.1 Å². The summed E-state index contributed by atoms with van der Waals surface area (Å²) in [5, 5.41) is 0.829. The van der Waals surface area contributed by atoms with Crippen LogP contribution in [0.3, 0.4) is 0 Å². The molecule has 174 valence electrons. The first kappa shape index (κ1) is 26.4. The van der Waals surface area contributed by atoms with Crippen molar-refractivity contribution in [1.29, 1.82) is 0 Å². The Morgan fingerprint density at radius 2 is 1.72 bits per heavy atom. The van der Waals surface area contributed by atoms with Gasteiger partial charge in [0.05, 0.1) is 0 Å². The summed E-state index contributed by atoms with van der Waals surface area (Å²) >= 11 is 6.23. The van der Waals surface area contributed by atoms with Gasteiger partial charge in [0.2, 0.25) is 5.91 Å². The number of ketones is 1. The molecule has 0 spiro atoms. The molecule has 6 heteroatoms. The van der Waals surface area contributed by atoms with Gasteiger partial charge in [-0.15, -0.1) is 12.4 Å². The Morgan fingerprint density at radius 1 is 1.00 bits per heavy atom. The molecule has 32 heavy (non-hydrogen) atoms. The van der Waals surface area contributed by atoms with Gasteiger partial charge in [0.1, 0.15) is 0 Å². The van der Waals surface area contributed by atoms with E-state index in [4.69, 9.17) is 11.6 Å². The van der Waals surface area contributed by atoms with Gasteiger partial charge in [0.25, 0.3) is 0 Å². The highest BCUT2D eigenvalue weighted by Gasteiger charge is 2.26. The predicted molar refractivity (Wildman–Crippen MR) is 134 cm³/mol. The maximum absolute atomic E-state index is 12.7. The molecule has 0 saturated heterocycles. The lowest BCUT2D eigenvalue weighted by Gasteiger charge is -2.22. The lowest BCUT2D eigenvalue weighted by molar-refractivity contribution is -0.129. The number of unbranched alkanes of at least 4 members (excludes halogenated alkanes) is 1. The Hall–Kier alpha value is -1.88. The average molecular weight is 477 g/mol. The molecule has 4 nitrogen and oxygen atoms in total. The summed E-state index contributed by atoms with van der Waals surface area (Å²) in [4.78, 5) is 28.4. The van der Waals surface area contributed by atoms with E-state index < -0.39 is 0 Å². The van der Waals surface area contributed by atoms with Crippen LogP contribution in [0.2, 0.25) is 5.02 Å². The van der Waals surface area contributed by atoms with E-state index in [-0.39, 0.29) is 30.1 Å². The third-order valence-corrected chi connectivity index (χ3v) is 6.77. The van der Waals surface area contributed by atoms with E-state index in [9.17, 15) is 9.59 Å². The van der Waals surface area contributed by atoms with Crippen molar-refractivity contribution >= 4 is 35.7 Å². The minimum Gasteiger partial charge on any atom is -0.342 e. The zero-order chi connectivity index (χ0) is 22.4. The summed E-state index contributed by atoms with van der Waals surface area (Å²) in [5.74, 6) is 0.302. The Balaban J connectivity index is 0.00000363. The van der Waals surface area contributed by atoms with Crippen LogP contribution in [0.1, 0.15) is 53.2 Å². The number of rotatable bonds is 10. The van der Waals surface area contributed by atoms with Crippen molar-refractivity contribution in [3.8, 4) is 0 Å². The van der Waals surface area contributed by atoms with Gasteiger partial charge in [-0.2, -0.15) is 0 Å². The molecule has 0 saturated carbocycles. The van der Waals surface area contributed by atoms with E-state index in [0.717, 1.165) is 55.8 Å². The topological polar surface area (TPSA) is 40.6 Å². The summed E-state index contributed by atoms with van der Waals surface area (Å²) in [5.41, 5.74) is 4.45. The second-order valence-corrected chi connectivity index (χ2v) is 9.11. The number of carbonyl (C=O) groups excluding carboxylic acids is 2. The number of halogens is 2. The van der Waals surface area contributed by atoms with Crippen LogP contribution in [0.5, 0.6) is 0 Å². The molecule has 0 N–H and O–H groups in total. The van der Waals surface area contributed by atoms with Crippen LogP contribution in [-0.2, 0) is 24.1 Å². The summed E-state index contributed by atoms with van der Waals surface area (Å²) < 4.78 is 0. The number of Topliss-reactive ketones (excluding diaryl/α,β-unsaturated/α-hetero) is 1. The number of hydrogen-bond donors (Lipinski definition) is 0. The number of likely N-dealkylation sites (N-methyl/N-ethyl adjacent to an activating group) is 2. The van der Waals surface area contributed by atoms with Crippen molar-refractivity contribution < 1.29 is 9.59 Å². The van der Waals surface area contributed by atoms with Crippen LogP contribution in [0, 0.1) is 0 Å². The monoisotopic (exact) mass is 476 g/mol. The van der Waals surface area contributed by atoms with E-state index in [1.807, 2.05) is 42.3 Å². The first-order chi connectivity index (χ1) is 14.8. The molecule has 0 fully saturated rings. The number of hydrogen-bond acceptors (Lipinski definition) is 3. The van der Waals surface area contributed by atoms with Gasteiger partial charge in [-0.1, -0.05) is 41.9 Å². The van der Waals surface area contributed by atoms with Crippen LogP contribution in [0.25, 0.3) is 0 Å². The molecule has 0 aliphatic heterocycles. The molecule has 3 rings (SSSR count). The van der Waals surface area contributed by atoms with Gasteiger partial charge >= 0.3 is 0 Å². The molecule has 1 aliphatic carbocycles. The van der Waals surface area contributed by atoms with Gasteiger partial charge in [0, 0.05) is 43.6 Å². The predicted octanol–water partition coefficient (Wildman–Crippen LogP) is 5.23. The van der Waals surface area contributed by atoms with Crippen molar-refractivity contribution in [2.24, 2.45) is 0 Å². The normalized spacial score (nSPS) is 14.7. The molecule has 0 aromatic heterocycles. The molecule has 0 radical (unpaired) electrons. The zero-order valence-electron chi connectivity index (χ0n) is 19.3. The summed E-state index contributed by atoms with van der Waals surface area (Å²) in [6.07, 6.45) is 5.12. The van der Waals surface area contributed by atoms with Gasteiger partial charge in [-0.3, -0.25) is 9.59 Å². The van der Waals surface area contributed by atoms with Crippen molar-refractivity contribution in [3.05, 3.63) is 69.7 Å². The molecule has 1 atom stereocenters. The minimum atomic E-state index is 0. The van der Waals surface area contributed by atoms with Gasteiger partial charge < -0.3 is 9.80 Å². The van der Waals surface area contributed by atoms with Crippen molar-refractivity contribution in [2.45, 2.75) is 51.5 Å². The highest BCUT2D eigenvalue weighted by Crippen LogP contribution is 2.27. The van der Waals surface area contributed by atoms with Crippen LogP contribution in [0.4, 0.5) is 0 Å². The second-order valence-electron chi connectivity index (χ2n) is 8.70. The fourth-order valence-electron chi connectivity index (χ4n) is 4.24. The van der Waals surface area contributed by atoms with Crippen molar-refractivity contribution in [2.75, 3.05) is 27.2 Å². The maximum atomic E-state index is 12.7. The molecule has 2 aromatic rings. The number of benzene rings is 2. The molecule has 1 amide bonds. The number of fused-ring (bicyclic) bond motifs is 1. The number of carbonyl (C=O) groups is 2. The molecular weight excluding hydrogens is 443 g/mol. The quantitative estimate of drug-likeness (QED) is 0.347. The van der Waals surface area contributed by atoms with E-state index in [1.165, 1.54) is 16.7 Å². The molecule has 0 heterocycles. The van der Waals surface area contributed by atoms with Gasteiger partial charge in [-0.05, 0) is 74.5 Å². The Kier molecular flexibility index (Phi) is 10.2. The third kappa shape index (κ3) is 7.06. The third-order valence-electron chi connectivity index (χ3n) is 6.40. The zero-order valence-corrected chi connectivity index (χ0v) is 20.8. The summed E-state index contributed by atoms with van der Waals surface area (Å²) in [6, 6.07) is 14.3. The highest BCUT2D eigenvalue weighted by atomic mass is 35.5. The van der Waals surface area contributed by atoms with Crippen LogP contribution in [-0.4, -0.2) is 54.7 Å². The first-order valence-electron chi connectivity index (χ1n) is 11.2. The molecule has 1 unspecified atom stereocenters. The van der Waals surface area contributed by atoms with Crippen LogP contribution < -0.4 is 0 Å². The minimum absolute atomic E-state index is 0. The van der Waals surface area contributed by atoms with Gasteiger partial charge in [-0.25, -0.2) is 0 Å². The van der Waals surface area contributed by atoms with Crippen molar-refractivity contribution in [1.82, 2.24) is 9.80 Å². The molecule has 0 bridgehead atoms. The first-order valence-corrected chi connectivity index (χ1v) is 11.5. The molecular formula is C26H34Cl2N2O2. The Labute approximate surface area is 203 Å². The standard InChI is InChI=1S/C26H33ClN2O2.ClH/c1-19(30)29(3)24-17-21-11-12-22(16-23(21)18-24)26(31)10-6-7-14-28(2)15-13-20-8-4-5-9-25(20)27;/h4-5,8-9,11-12,16,24H,6-7,10,13-15,17-18H2,1-3H3;1H. The maximum Gasteiger partial charge on any atom is 0.219 e. The Bertz CT molecular complexity index is 932. The lowest BCUT2D eigenvalue weighted by atomic mass is 10.0. The van der Waals surface area contributed by atoms with E-state index in [1.54, 1.807) is 6.92 Å². The van der Waals surface area contributed by atoms with E-state index in [0.29, 0.717) is 6.42 Å². The Morgan fingerprint density at radius 3 is 2.44 bits per heavy atom. The van der Waals surface area contributed by atoms with Crippen molar-refractivity contribution in [3.63, 3.8) is 0 Å². The smallest absolute Gasteiger partial charge is 0.219 e. The highest BCUT2D eigenvalue weighted by molar-refractivity contribution is 6.31. The number of amides is 1. The molecule has 2 aromatic carbocycles. The second kappa shape index (κ2) is 12.4. The fourth-order valence-corrected chi connectivity index (χ4v) is 4.47. The molecule has 1 aliphatic rings. The van der Waals surface area contributed by atoms with Gasteiger partial charge in [0.15, 0.2) is 5.78 Å².